The molecule has 2 aromatic carbocycles. The minimum Gasteiger partial charge on any atom is -0.489 e. The highest BCUT2D eigenvalue weighted by molar-refractivity contribution is 6.31. The summed E-state index contributed by atoms with van der Waals surface area (Å²) in [6.45, 7) is 12.0. The molecule has 0 saturated carbocycles. The smallest absolute Gasteiger partial charge is 0.258 e. The van der Waals surface area contributed by atoms with Crippen LogP contribution in [-0.2, 0) is 26.2 Å². The lowest BCUT2D eigenvalue weighted by Crippen LogP contribution is -2.46. The number of amides is 2. The molecule has 4 aromatic heterocycles. The normalized spacial score (nSPS) is 23.4. The van der Waals surface area contributed by atoms with Gasteiger partial charge < -0.3 is 19.3 Å². The molecule has 6 atom stereocenters. The molecule has 4 saturated heterocycles. The summed E-state index contributed by atoms with van der Waals surface area (Å²) in [5.74, 6) is -0.491. The molecular weight excluding hydrogens is 962 g/mol. The number of aryl methyl sites for hydroxylation is 2. The predicted octanol–water partition coefficient (Wildman–Crippen LogP) is 10.3. The van der Waals surface area contributed by atoms with Gasteiger partial charge in [0.05, 0.1) is 76.3 Å². The number of hydrogen-bond donors (Lipinski definition) is 0. The number of halogens is 4. The van der Waals surface area contributed by atoms with Gasteiger partial charge in [-0.05, 0) is 115 Å². The highest BCUT2D eigenvalue weighted by Crippen LogP contribution is 2.41. The number of carbonyl (C=O) groups is 2. The Morgan fingerprint density at radius 1 is 0.667 bits per heavy atom. The van der Waals surface area contributed by atoms with Gasteiger partial charge in [0.2, 0.25) is 0 Å². The lowest BCUT2D eigenvalue weighted by molar-refractivity contribution is 0.0467. The lowest BCUT2D eigenvalue weighted by Gasteiger charge is -2.39. The van der Waals surface area contributed by atoms with Gasteiger partial charge in [-0.3, -0.25) is 19.4 Å². The number of ether oxygens (including phenoxy) is 2. The van der Waals surface area contributed by atoms with Gasteiger partial charge in [-0.15, -0.1) is 0 Å². The standard InChI is InChI=1S/2C27H31ClFN5O2/c1-3-4-9-33-18-6-7-19(33)12-20(11-18)36-25-10-17(29)5-8-21(25)27(35)32-14-22-24(15-32)31-34-16(2)23(28)13-30-26(22)34;1-3-4-9-33-18-6-7-19(33)12-20(11-18)36-25-10-17(29)5-8-21(25)27(35)32-13-22-24(15-32)31-34-14-23(28)16(2)30-26(22)34/h5,8,10,13,18-20H,3-4,6-7,9,11-12,14-15H2,1-2H3;5,8,10,14,18-20H,3-4,6-7,9,11-13,15H2,1-2H3/t2*18-,19+,20?. The molecule has 2 unspecified atom stereocenters. The van der Waals surface area contributed by atoms with Crippen molar-refractivity contribution in [3.05, 3.63) is 116 Å². The van der Waals surface area contributed by atoms with E-state index in [4.69, 9.17) is 32.7 Å². The third kappa shape index (κ3) is 9.30. The van der Waals surface area contributed by atoms with Crippen LogP contribution in [0.25, 0.3) is 11.3 Å². The summed E-state index contributed by atoms with van der Waals surface area (Å²) in [6.07, 6.45) is 16.6. The second-order valence-electron chi connectivity index (χ2n) is 20.7. The topological polar surface area (TPSA) is 126 Å². The molecule has 380 valence electrons. The van der Waals surface area contributed by atoms with Crippen LogP contribution in [-0.4, -0.2) is 110 Å². The Labute approximate surface area is 428 Å². The SMILES string of the molecule is CCCCN1[C@@H]2CC[C@H]1CC(Oc1cc(F)ccc1C(=O)N1Cc3nn4c(C)c(Cl)cnc4c3C1)C2.CCCCN1[C@@H]2CC[C@H]1CC(Oc1cc(F)ccc1C(=O)N1Cc3nn4cc(Cl)c(C)nc4c3C1)C2. The van der Waals surface area contributed by atoms with Crippen molar-refractivity contribution in [2.24, 2.45) is 0 Å². The third-order valence-electron chi connectivity index (χ3n) is 16.0. The number of carbonyl (C=O) groups excluding carboxylic acids is 2. The quantitative estimate of drug-likeness (QED) is 0.117. The summed E-state index contributed by atoms with van der Waals surface area (Å²) in [6, 6.07) is 10.5. The summed E-state index contributed by atoms with van der Waals surface area (Å²) in [4.78, 5) is 44.9. The number of unbranched alkanes of at least 4 members (excludes halogenated alkanes) is 2. The van der Waals surface area contributed by atoms with E-state index in [0.29, 0.717) is 94.3 Å². The van der Waals surface area contributed by atoms with Gasteiger partial charge in [-0.25, -0.2) is 27.8 Å². The van der Waals surface area contributed by atoms with Crippen molar-refractivity contribution in [2.75, 3.05) is 13.1 Å². The third-order valence-corrected chi connectivity index (χ3v) is 16.8. The summed E-state index contributed by atoms with van der Waals surface area (Å²) in [5.41, 5.74) is 7.20. The number of nitrogens with zero attached hydrogens (tertiary/aromatic N) is 10. The van der Waals surface area contributed by atoms with Crippen molar-refractivity contribution in [1.29, 1.82) is 0 Å². The molecule has 4 bridgehead atoms. The Morgan fingerprint density at radius 3 is 1.65 bits per heavy atom. The van der Waals surface area contributed by atoms with E-state index in [0.717, 1.165) is 72.7 Å². The zero-order valence-corrected chi connectivity index (χ0v) is 42.9. The monoisotopic (exact) mass is 1020 g/mol. The van der Waals surface area contributed by atoms with Crippen LogP contribution in [0, 0.1) is 25.5 Å². The van der Waals surface area contributed by atoms with Gasteiger partial charge in [0, 0.05) is 53.6 Å². The molecular formula is C54H62Cl2F2N10O4. The number of rotatable bonds is 12. The van der Waals surface area contributed by atoms with E-state index in [1.165, 1.54) is 75.6 Å². The molecule has 0 N–H and O–H groups in total. The molecule has 18 heteroatoms. The average molecular weight is 1020 g/mol. The van der Waals surface area contributed by atoms with E-state index in [-0.39, 0.29) is 24.0 Å². The van der Waals surface area contributed by atoms with E-state index in [9.17, 15) is 18.4 Å². The molecule has 6 aromatic rings. The highest BCUT2D eigenvalue weighted by Gasteiger charge is 2.43. The van der Waals surface area contributed by atoms with Crippen molar-refractivity contribution >= 4 is 46.3 Å². The summed E-state index contributed by atoms with van der Waals surface area (Å²) < 4.78 is 44.7. The second kappa shape index (κ2) is 20.1. The number of fused-ring (bicyclic) bond motifs is 10. The van der Waals surface area contributed by atoms with Crippen molar-refractivity contribution in [2.45, 2.75) is 167 Å². The van der Waals surface area contributed by atoms with Crippen LogP contribution < -0.4 is 9.47 Å². The fraction of sp³-hybridized carbons (Fsp3) is 0.519. The molecule has 12 rings (SSSR count). The second-order valence-corrected chi connectivity index (χ2v) is 21.5. The Kier molecular flexibility index (Phi) is 13.6. The fourth-order valence-corrected chi connectivity index (χ4v) is 12.6. The number of aromatic nitrogens is 6. The van der Waals surface area contributed by atoms with Gasteiger partial charge in [0.1, 0.15) is 35.3 Å². The Morgan fingerprint density at radius 2 is 1.15 bits per heavy atom. The van der Waals surface area contributed by atoms with Gasteiger partial charge in [0.25, 0.3) is 11.8 Å². The van der Waals surface area contributed by atoms with E-state index in [1.807, 2.05) is 13.8 Å². The lowest BCUT2D eigenvalue weighted by atomic mass is 9.99. The van der Waals surface area contributed by atoms with E-state index < -0.39 is 11.6 Å². The molecule has 4 fully saturated rings. The van der Waals surface area contributed by atoms with Crippen molar-refractivity contribution in [3.8, 4) is 11.5 Å². The van der Waals surface area contributed by atoms with Gasteiger partial charge in [-0.1, -0.05) is 49.9 Å². The van der Waals surface area contributed by atoms with Crippen LogP contribution in [0.2, 0.25) is 10.0 Å². The van der Waals surface area contributed by atoms with Crippen molar-refractivity contribution < 1.29 is 27.8 Å². The van der Waals surface area contributed by atoms with Crippen molar-refractivity contribution in [1.82, 2.24) is 48.8 Å². The first-order valence-electron chi connectivity index (χ1n) is 25.9. The van der Waals surface area contributed by atoms with Crippen molar-refractivity contribution in [3.63, 3.8) is 0 Å². The fourth-order valence-electron chi connectivity index (χ4n) is 12.3. The number of benzene rings is 2. The Balaban J connectivity index is 0.000000156. The summed E-state index contributed by atoms with van der Waals surface area (Å²) in [5, 5.41) is 10.3. The maximum Gasteiger partial charge on any atom is 0.258 e. The molecule has 10 heterocycles. The van der Waals surface area contributed by atoms with Crippen LogP contribution >= 0.6 is 23.2 Å². The van der Waals surface area contributed by atoms with Crippen LogP contribution in [0.1, 0.15) is 146 Å². The largest absolute Gasteiger partial charge is 0.489 e. The van der Waals surface area contributed by atoms with Gasteiger partial charge in [0.15, 0.2) is 11.3 Å². The van der Waals surface area contributed by atoms with Crippen LogP contribution in [0.3, 0.4) is 0 Å². The molecule has 6 aliphatic rings. The molecule has 0 spiro atoms. The number of hydrogen-bond acceptors (Lipinski definition) is 10. The van der Waals surface area contributed by atoms with Crippen LogP contribution in [0.4, 0.5) is 8.78 Å². The van der Waals surface area contributed by atoms with Crippen LogP contribution in [0.15, 0.2) is 48.8 Å². The molecule has 2 amide bonds. The van der Waals surface area contributed by atoms with E-state index in [2.05, 4.69) is 43.8 Å². The summed E-state index contributed by atoms with van der Waals surface area (Å²) in [7, 11) is 0. The molecule has 14 nitrogen and oxygen atoms in total. The first-order valence-corrected chi connectivity index (χ1v) is 26.7. The average Bonchev–Trinajstić information content (AvgIpc) is 4.20. The minimum absolute atomic E-state index is 0.00867. The van der Waals surface area contributed by atoms with Gasteiger partial charge in [-0.2, -0.15) is 10.2 Å². The predicted molar refractivity (Wildman–Crippen MR) is 270 cm³/mol. The molecule has 0 aliphatic carbocycles. The first kappa shape index (κ1) is 48.8. The van der Waals surface area contributed by atoms with Gasteiger partial charge >= 0.3 is 0 Å². The van der Waals surface area contributed by atoms with E-state index in [1.54, 1.807) is 43.4 Å². The van der Waals surface area contributed by atoms with Crippen LogP contribution in [0.5, 0.6) is 11.5 Å². The van der Waals surface area contributed by atoms with E-state index >= 15 is 0 Å². The number of piperidine rings is 2. The maximum atomic E-state index is 14.3. The Bertz CT molecular complexity index is 2920. The zero-order chi connectivity index (χ0) is 49.9. The molecule has 72 heavy (non-hydrogen) atoms. The first-order chi connectivity index (χ1) is 34.8. The zero-order valence-electron chi connectivity index (χ0n) is 41.4. The molecule has 6 aliphatic heterocycles. The maximum absolute atomic E-state index is 14.3. The minimum atomic E-state index is -0.399. The molecule has 0 radical (unpaired) electrons. The summed E-state index contributed by atoms with van der Waals surface area (Å²) >= 11 is 12.4. The Hall–Kier alpha value is -5.42. The highest BCUT2D eigenvalue weighted by atomic mass is 35.5.